The topological polar surface area (TPSA) is 125 Å². The molecule has 3 aliphatic rings. The highest BCUT2D eigenvalue weighted by Crippen LogP contribution is 2.39. The summed E-state index contributed by atoms with van der Waals surface area (Å²) in [6.07, 6.45) is 6.07. The molecule has 220 valence electrons. The zero-order valence-electron chi connectivity index (χ0n) is 24.1. The molecule has 10 nitrogen and oxygen atoms in total. The van der Waals surface area contributed by atoms with Gasteiger partial charge in [-0.1, -0.05) is 43.3 Å². The minimum Gasteiger partial charge on any atom is -0.354 e. The van der Waals surface area contributed by atoms with Crippen molar-refractivity contribution in [3.63, 3.8) is 0 Å². The van der Waals surface area contributed by atoms with Crippen molar-refractivity contribution in [3.8, 4) is 0 Å². The van der Waals surface area contributed by atoms with Crippen LogP contribution < -0.4 is 10.6 Å². The van der Waals surface area contributed by atoms with E-state index in [4.69, 9.17) is 4.52 Å². The molecule has 0 bridgehead atoms. The fourth-order valence-corrected chi connectivity index (χ4v) is 5.83. The number of fused-ring (bicyclic) bond motifs is 2. The van der Waals surface area contributed by atoms with Crippen LogP contribution in [0.25, 0.3) is 0 Å². The summed E-state index contributed by atoms with van der Waals surface area (Å²) in [5, 5.41) is 10.2. The Balaban J connectivity index is 1.40. The molecule has 1 saturated carbocycles. The Kier molecular flexibility index (Phi) is 8.75. The van der Waals surface area contributed by atoms with E-state index in [0.29, 0.717) is 57.2 Å². The first-order valence-electron chi connectivity index (χ1n) is 15.0. The van der Waals surface area contributed by atoms with E-state index < -0.39 is 11.4 Å². The van der Waals surface area contributed by atoms with E-state index in [0.717, 1.165) is 42.5 Å². The van der Waals surface area contributed by atoms with Gasteiger partial charge in [0.15, 0.2) is 0 Å². The van der Waals surface area contributed by atoms with Crippen LogP contribution in [0.5, 0.6) is 0 Å². The summed E-state index contributed by atoms with van der Waals surface area (Å²) in [5.41, 5.74) is 1.46. The molecule has 1 aromatic carbocycles. The van der Waals surface area contributed by atoms with Crippen molar-refractivity contribution in [2.45, 2.75) is 76.7 Å². The number of aryl methyl sites for hydroxylation is 1. The smallest absolute Gasteiger partial charge is 0.292 e. The molecule has 41 heavy (non-hydrogen) atoms. The molecule has 2 aromatic rings. The van der Waals surface area contributed by atoms with E-state index in [-0.39, 0.29) is 36.6 Å². The largest absolute Gasteiger partial charge is 0.354 e. The predicted octanol–water partition coefficient (Wildman–Crippen LogP) is 3.13. The highest BCUT2D eigenvalue weighted by Gasteiger charge is 2.45. The number of hydrogen-bond acceptors (Lipinski definition) is 6. The minimum absolute atomic E-state index is 0.124. The Hall–Kier alpha value is -3.69. The van der Waals surface area contributed by atoms with Gasteiger partial charge in [0.2, 0.25) is 23.5 Å². The molecule has 4 amide bonds. The van der Waals surface area contributed by atoms with Gasteiger partial charge in [-0.05, 0) is 68.4 Å². The number of rotatable bonds is 5. The third-order valence-corrected chi connectivity index (χ3v) is 8.37. The molecule has 0 radical (unpaired) electrons. The van der Waals surface area contributed by atoms with Crippen LogP contribution in [-0.4, -0.2) is 71.3 Å². The average Bonchev–Trinajstić information content (AvgIpc) is 3.69. The van der Waals surface area contributed by atoms with E-state index in [1.54, 1.807) is 6.07 Å². The van der Waals surface area contributed by atoms with E-state index in [1.165, 1.54) is 9.80 Å². The van der Waals surface area contributed by atoms with Gasteiger partial charge in [0.1, 0.15) is 12.1 Å². The second-order valence-corrected chi connectivity index (χ2v) is 12.0. The highest BCUT2D eigenvalue weighted by molar-refractivity contribution is 5.96. The van der Waals surface area contributed by atoms with Gasteiger partial charge in [-0.3, -0.25) is 19.2 Å². The quantitative estimate of drug-likeness (QED) is 0.576. The van der Waals surface area contributed by atoms with Crippen molar-refractivity contribution in [3.05, 3.63) is 52.9 Å². The number of benzene rings is 1. The Labute approximate surface area is 241 Å². The number of nitrogens with one attached hydrogen (secondary N) is 2. The van der Waals surface area contributed by atoms with Gasteiger partial charge >= 0.3 is 0 Å². The molecule has 2 N–H and O–H groups in total. The summed E-state index contributed by atoms with van der Waals surface area (Å²) in [4.78, 5) is 57.4. The Morgan fingerprint density at radius 2 is 1.93 bits per heavy atom. The van der Waals surface area contributed by atoms with Crippen LogP contribution in [0.1, 0.15) is 92.1 Å². The van der Waals surface area contributed by atoms with E-state index >= 15 is 0 Å². The van der Waals surface area contributed by atoms with Crippen molar-refractivity contribution in [2.75, 3.05) is 32.7 Å². The van der Waals surface area contributed by atoms with Gasteiger partial charge in [0.25, 0.3) is 5.91 Å². The van der Waals surface area contributed by atoms with Gasteiger partial charge in [-0.25, -0.2) is 0 Å². The lowest BCUT2D eigenvalue weighted by atomic mass is 9.75. The molecular formula is C31H41N5O5. The zero-order valence-corrected chi connectivity index (χ0v) is 24.1. The van der Waals surface area contributed by atoms with Crippen LogP contribution in [0.15, 0.2) is 34.9 Å². The first-order valence-corrected chi connectivity index (χ1v) is 15.0. The number of aromatic nitrogens is 1. The van der Waals surface area contributed by atoms with E-state index in [1.807, 2.05) is 24.3 Å². The van der Waals surface area contributed by atoms with Crippen molar-refractivity contribution in [2.24, 2.45) is 5.92 Å². The van der Waals surface area contributed by atoms with E-state index in [9.17, 15) is 19.2 Å². The lowest BCUT2D eigenvalue weighted by Gasteiger charge is -2.39. The van der Waals surface area contributed by atoms with E-state index in [2.05, 4.69) is 29.6 Å². The fourth-order valence-electron chi connectivity index (χ4n) is 5.83. The van der Waals surface area contributed by atoms with Crippen LogP contribution in [0, 0.1) is 5.92 Å². The summed E-state index contributed by atoms with van der Waals surface area (Å²) in [5.74, 6) is -0.553. The number of hydrogen-bond donors (Lipinski definition) is 2. The molecule has 1 saturated heterocycles. The Morgan fingerprint density at radius 1 is 1.12 bits per heavy atom. The molecule has 5 rings (SSSR count). The summed E-state index contributed by atoms with van der Waals surface area (Å²) in [6.45, 7) is 4.84. The molecule has 2 aliphatic carbocycles. The van der Waals surface area contributed by atoms with Crippen LogP contribution in [0.3, 0.4) is 0 Å². The molecule has 2 heterocycles. The average molecular weight is 564 g/mol. The Bertz CT molecular complexity index is 1290. The fraction of sp³-hybridized carbons (Fsp3) is 0.581. The molecule has 1 unspecified atom stereocenters. The highest BCUT2D eigenvalue weighted by atomic mass is 16.5. The zero-order chi connectivity index (χ0) is 29.0. The molecular weight excluding hydrogens is 522 g/mol. The lowest BCUT2D eigenvalue weighted by Crippen LogP contribution is -2.60. The maximum Gasteiger partial charge on any atom is 0.292 e. The maximum absolute atomic E-state index is 13.8. The standard InChI is InChI=1S/C31H41N5O5/c1-21(2)13-17-35-19-27(37)33-31(14-7-9-22-8-3-4-10-24(22)31)30(40)32-15-5-6-16-36(20-28(35)38)29(39)26-18-25(34-41-26)23-11-12-23/h3-4,8,10,18,21,23H,5-7,9,11-17,19-20H2,1-2H3,(H,32,40)(H,33,37). The number of carbonyl (C=O) groups is 4. The third-order valence-electron chi connectivity index (χ3n) is 8.37. The van der Waals surface area contributed by atoms with Crippen molar-refractivity contribution < 1.29 is 23.7 Å². The molecule has 1 spiro atoms. The molecule has 10 heteroatoms. The van der Waals surface area contributed by atoms with Crippen LogP contribution in [-0.2, 0) is 26.3 Å². The molecule has 1 atom stereocenters. The summed E-state index contributed by atoms with van der Waals surface area (Å²) in [6, 6.07) is 9.45. The van der Waals surface area contributed by atoms with Gasteiger partial charge in [0, 0.05) is 31.6 Å². The SMILES string of the molecule is CC(C)CCN1CC(=O)NC2(CCCc3ccccc32)C(=O)NCCCCN(C(=O)c2cc(C3CC3)no2)CC1=O. The second kappa shape index (κ2) is 12.4. The first-order chi connectivity index (χ1) is 19.8. The first kappa shape index (κ1) is 28.8. The second-order valence-electron chi connectivity index (χ2n) is 12.0. The molecule has 1 aliphatic heterocycles. The van der Waals surface area contributed by atoms with Crippen LogP contribution in [0.2, 0.25) is 0 Å². The van der Waals surface area contributed by atoms with Crippen molar-refractivity contribution in [1.82, 2.24) is 25.6 Å². The van der Waals surface area contributed by atoms with Crippen molar-refractivity contribution >= 4 is 23.6 Å². The predicted molar refractivity (Wildman–Crippen MR) is 152 cm³/mol. The van der Waals surface area contributed by atoms with Gasteiger partial charge in [0.05, 0.1) is 12.2 Å². The maximum atomic E-state index is 13.8. The number of carbonyl (C=O) groups excluding carboxylic acids is 4. The molecule has 2 fully saturated rings. The summed E-state index contributed by atoms with van der Waals surface area (Å²) < 4.78 is 5.37. The summed E-state index contributed by atoms with van der Waals surface area (Å²) in [7, 11) is 0. The monoisotopic (exact) mass is 563 g/mol. The third kappa shape index (κ3) is 6.63. The van der Waals surface area contributed by atoms with Gasteiger partial charge < -0.3 is 25.0 Å². The van der Waals surface area contributed by atoms with Gasteiger partial charge in [-0.2, -0.15) is 0 Å². The van der Waals surface area contributed by atoms with Gasteiger partial charge in [-0.15, -0.1) is 0 Å². The van der Waals surface area contributed by atoms with Crippen molar-refractivity contribution in [1.29, 1.82) is 0 Å². The summed E-state index contributed by atoms with van der Waals surface area (Å²) >= 11 is 0. The van der Waals surface area contributed by atoms with Crippen LogP contribution >= 0.6 is 0 Å². The Morgan fingerprint density at radius 3 is 2.71 bits per heavy atom. The number of amides is 4. The number of nitrogens with zero attached hydrogens (tertiary/aromatic N) is 3. The lowest BCUT2D eigenvalue weighted by molar-refractivity contribution is -0.139. The normalized spacial score (nSPS) is 22.8. The van der Waals surface area contributed by atoms with Crippen LogP contribution in [0.4, 0.5) is 0 Å². The molecule has 1 aromatic heterocycles. The minimum atomic E-state index is -1.18.